The third-order valence-electron chi connectivity index (χ3n) is 2.84. The Hall–Kier alpha value is -2.12. The van der Waals surface area contributed by atoms with Gasteiger partial charge in [-0.3, -0.25) is 14.8 Å². The van der Waals surface area contributed by atoms with Crippen molar-refractivity contribution < 1.29 is 14.8 Å². The number of piperidine rings is 1. The average Bonchev–Trinajstić information content (AvgIpc) is 2.78. The van der Waals surface area contributed by atoms with Gasteiger partial charge in [-0.2, -0.15) is 5.10 Å². The van der Waals surface area contributed by atoms with Crippen LogP contribution in [0.3, 0.4) is 0 Å². The zero-order valence-electron chi connectivity index (χ0n) is 9.02. The van der Waals surface area contributed by atoms with Gasteiger partial charge < -0.3 is 10.0 Å². The van der Waals surface area contributed by atoms with Gasteiger partial charge in [-0.1, -0.05) is 0 Å². The van der Waals surface area contributed by atoms with Gasteiger partial charge in [0, 0.05) is 13.1 Å². The van der Waals surface area contributed by atoms with Gasteiger partial charge in [0.25, 0.3) is 0 Å². The Labute approximate surface area is 96.6 Å². The van der Waals surface area contributed by atoms with Crippen LogP contribution in [0.5, 0.6) is 0 Å². The number of rotatable bonds is 2. The first-order valence-electron chi connectivity index (χ1n) is 5.24. The van der Waals surface area contributed by atoms with Crippen LogP contribution in [0.2, 0.25) is 0 Å². The van der Waals surface area contributed by atoms with Gasteiger partial charge in [0.1, 0.15) is 12.4 Å². The standard InChI is InChI=1S/C9H12N4O4/c14-9(15)11-3-1-2-7(5-11)12-6-8(4-10-12)13(16)17/h4,6-7H,1-3,5H2,(H,14,15). The number of amides is 1. The van der Waals surface area contributed by atoms with Crippen LogP contribution in [0.15, 0.2) is 12.4 Å². The Bertz CT molecular complexity index is 444. The van der Waals surface area contributed by atoms with E-state index in [4.69, 9.17) is 5.11 Å². The smallest absolute Gasteiger partial charge is 0.407 e. The Balaban J connectivity index is 2.10. The molecule has 1 aromatic rings. The van der Waals surface area contributed by atoms with E-state index in [1.807, 2.05) is 0 Å². The summed E-state index contributed by atoms with van der Waals surface area (Å²) >= 11 is 0. The molecule has 2 heterocycles. The van der Waals surface area contributed by atoms with Gasteiger partial charge >= 0.3 is 11.8 Å². The van der Waals surface area contributed by atoms with Gasteiger partial charge in [-0.15, -0.1) is 0 Å². The highest BCUT2D eigenvalue weighted by atomic mass is 16.6. The topological polar surface area (TPSA) is 102 Å². The van der Waals surface area contributed by atoms with Gasteiger partial charge in [0.15, 0.2) is 0 Å². The summed E-state index contributed by atoms with van der Waals surface area (Å²) in [5.41, 5.74) is -0.0718. The summed E-state index contributed by atoms with van der Waals surface area (Å²) in [6, 6.07) is -0.117. The molecular formula is C9H12N4O4. The van der Waals surface area contributed by atoms with E-state index in [9.17, 15) is 14.9 Å². The Kier molecular flexibility index (Phi) is 2.94. The molecule has 1 fully saturated rings. The molecular weight excluding hydrogens is 228 g/mol. The fourth-order valence-electron chi connectivity index (χ4n) is 1.97. The molecule has 0 aliphatic carbocycles. The van der Waals surface area contributed by atoms with E-state index in [0.29, 0.717) is 13.1 Å². The molecule has 0 bridgehead atoms. The normalized spacial score (nSPS) is 20.2. The number of nitro groups is 1. The van der Waals surface area contributed by atoms with Crippen LogP contribution in [-0.2, 0) is 0 Å². The van der Waals surface area contributed by atoms with Crippen LogP contribution in [0.4, 0.5) is 10.5 Å². The number of carboxylic acid groups (broad SMARTS) is 1. The second-order valence-corrected chi connectivity index (χ2v) is 3.96. The van der Waals surface area contributed by atoms with Crippen molar-refractivity contribution in [3.63, 3.8) is 0 Å². The van der Waals surface area contributed by atoms with Crippen LogP contribution in [-0.4, -0.2) is 43.9 Å². The Morgan fingerprint density at radius 3 is 3.00 bits per heavy atom. The number of likely N-dealkylation sites (tertiary alicyclic amines) is 1. The highest BCUT2D eigenvalue weighted by Gasteiger charge is 2.25. The molecule has 92 valence electrons. The van der Waals surface area contributed by atoms with Crippen molar-refractivity contribution in [1.82, 2.24) is 14.7 Å². The molecule has 0 saturated carbocycles. The molecule has 1 atom stereocenters. The van der Waals surface area contributed by atoms with E-state index in [-0.39, 0.29) is 11.7 Å². The van der Waals surface area contributed by atoms with Crippen molar-refractivity contribution in [2.24, 2.45) is 0 Å². The molecule has 1 aliphatic heterocycles. The first kappa shape index (κ1) is 11.4. The van der Waals surface area contributed by atoms with Crippen molar-refractivity contribution in [3.8, 4) is 0 Å². The largest absolute Gasteiger partial charge is 0.465 e. The second-order valence-electron chi connectivity index (χ2n) is 3.96. The SMILES string of the molecule is O=C(O)N1CCCC(n2cc([N+](=O)[O-])cn2)C1. The second kappa shape index (κ2) is 4.40. The monoisotopic (exact) mass is 240 g/mol. The number of hydrogen-bond donors (Lipinski definition) is 1. The van der Waals surface area contributed by atoms with Crippen molar-refractivity contribution in [2.75, 3.05) is 13.1 Å². The molecule has 1 unspecified atom stereocenters. The molecule has 0 aromatic carbocycles. The maximum atomic E-state index is 10.8. The van der Waals surface area contributed by atoms with E-state index in [1.54, 1.807) is 0 Å². The van der Waals surface area contributed by atoms with Crippen LogP contribution in [0.1, 0.15) is 18.9 Å². The summed E-state index contributed by atoms with van der Waals surface area (Å²) in [6.45, 7) is 0.837. The lowest BCUT2D eigenvalue weighted by molar-refractivity contribution is -0.385. The highest BCUT2D eigenvalue weighted by molar-refractivity contribution is 5.65. The molecule has 2 rings (SSSR count). The average molecular weight is 240 g/mol. The molecule has 1 aliphatic rings. The minimum absolute atomic E-state index is 0.0718. The molecule has 1 saturated heterocycles. The summed E-state index contributed by atoms with van der Waals surface area (Å²) in [4.78, 5) is 22.1. The first-order chi connectivity index (χ1) is 8.08. The third kappa shape index (κ3) is 2.35. The maximum Gasteiger partial charge on any atom is 0.407 e. The van der Waals surface area contributed by atoms with Crippen LogP contribution >= 0.6 is 0 Å². The lowest BCUT2D eigenvalue weighted by atomic mass is 10.1. The Morgan fingerprint density at radius 2 is 2.41 bits per heavy atom. The minimum Gasteiger partial charge on any atom is -0.465 e. The van der Waals surface area contributed by atoms with E-state index < -0.39 is 11.0 Å². The maximum absolute atomic E-state index is 10.8. The predicted molar refractivity (Wildman–Crippen MR) is 56.8 cm³/mol. The molecule has 1 amide bonds. The van der Waals surface area contributed by atoms with Crippen LogP contribution in [0, 0.1) is 10.1 Å². The zero-order valence-corrected chi connectivity index (χ0v) is 9.02. The third-order valence-corrected chi connectivity index (χ3v) is 2.84. The number of aromatic nitrogens is 2. The van der Waals surface area contributed by atoms with E-state index >= 15 is 0 Å². The molecule has 17 heavy (non-hydrogen) atoms. The molecule has 8 nitrogen and oxygen atoms in total. The summed E-state index contributed by atoms with van der Waals surface area (Å²) in [5, 5.41) is 23.3. The molecule has 1 aromatic heterocycles. The van der Waals surface area contributed by atoms with Crippen LogP contribution < -0.4 is 0 Å². The highest BCUT2D eigenvalue weighted by Crippen LogP contribution is 2.22. The van der Waals surface area contributed by atoms with Crippen molar-refractivity contribution in [1.29, 1.82) is 0 Å². The number of hydrogen-bond acceptors (Lipinski definition) is 4. The van der Waals surface area contributed by atoms with E-state index in [0.717, 1.165) is 12.8 Å². The van der Waals surface area contributed by atoms with Crippen molar-refractivity contribution >= 4 is 11.8 Å². The lowest BCUT2D eigenvalue weighted by Crippen LogP contribution is -2.39. The van der Waals surface area contributed by atoms with Gasteiger partial charge in [-0.25, -0.2) is 4.79 Å². The Morgan fingerprint density at radius 1 is 1.65 bits per heavy atom. The summed E-state index contributed by atoms with van der Waals surface area (Å²) < 4.78 is 1.48. The summed E-state index contributed by atoms with van der Waals surface area (Å²) in [6.07, 6.45) is 3.08. The first-order valence-corrected chi connectivity index (χ1v) is 5.24. The number of carbonyl (C=O) groups is 1. The number of nitrogens with zero attached hydrogens (tertiary/aromatic N) is 4. The fraction of sp³-hybridized carbons (Fsp3) is 0.556. The van der Waals surface area contributed by atoms with Crippen molar-refractivity contribution in [3.05, 3.63) is 22.5 Å². The zero-order chi connectivity index (χ0) is 12.4. The minimum atomic E-state index is -0.962. The van der Waals surface area contributed by atoms with E-state index in [1.165, 1.54) is 22.0 Å². The van der Waals surface area contributed by atoms with Gasteiger partial charge in [0.05, 0.1) is 11.0 Å². The molecule has 8 heteroatoms. The molecule has 1 N–H and O–H groups in total. The lowest BCUT2D eigenvalue weighted by Gasteiger charge is -2.30. The van der Waals surface area contributed by atoms with E-state index in [2.05, 4.69) is 5.10 Å². The van der Waals surface area contributed by atoms with Gasteiger partial charge in [0.2, 0.25) is 0 Å². The summed E-state index contributed by atoms with van der Waals surface area (Å²) in [5.74, 6) is 0. The fourth-order valence-corrected chi connectivity index (χ4v) is 1.97. The molecule has 0 radical (unpaired) electrons. The van der Waals surface area contributed by atoms with Crippen molar-refractivity contribution in [2.45, 2.75) is 18.9 Å². The molecule has 0 spiro atoms. The predicted octanol–water partition coefficient (Wildman–Crippen LogP) is 1.11. The summed E-state index contributed by atoms with van der Waals surface area (Å²) in [7, 11) is 0. The van der Waals surface area contributed by atoms with Crippen LogP contribution in [0.25, 0.3) is 0 Å². The van der Waals surface area contributed by atoms with Gasteiger partial charge in [-0.05, 0) is 12.8 Å². The quantitative estimate of drug-likeness (QED) is 0.616.